The lowest BCUT2D eigenvalue weighted by Gasteiger charge is -2.13. The van der Waals surface area contributed by atoms with Gasteiger partial charge in [0.2, 0.25) is 0 Å². The zero-order chi connectivity index (χ0) is 29.1. The van der Waals surface area contributed by atoms with Gasteiger partial charge in [0.25, 0.3) is 0 Å². The number of rotatable bonds is 11. The minimum Gasteiger partial charge on any atom is -0.423 e. The SMILES string of the molecule is C=CC(=O)Oc1cc(OC(=O)C=C)cc(OC(=O)C(C)=C(C)c2cc(OC(=O)C=C)cc(OC(=O)C=C)c2)c1. The first-order valence-corrected chi connectivity index (χ1v) is 11.1. The van der Waals surface area contributed by atoms with E-state index in [2.05, 4.69) is 26.3 Å². The van der Waals surface area contributed by atoms with Gasteiger partial charge >= 0.3 is 29.8 Å². The summed E-state index contributed by atoms with van der Waals surface area (Å²) in [5.41, 5.74) is 0.848. The smallest absolute Gasteiger partial charge is 0.339 e. The van der Waals surface area contributed by atoms with Crippen molar-refractivity contribution in [2.45, 2.75) is 13.8 Å². The third-order valence-corrected chi connectivity index (χ3v) is 4.79. The third kappa shape index (κ3) is 8.83. The monoisotopic (exact) mass is 532 g/mol. The van der Waals surface area contributed by atoms with E-state index >= 15 is 0 Å². The topological polar surface area (TPSA) is 132 Å². The van der Waals surface area contributed by atoms with Crippen molar-refractivity contribution in [1.29, 1.82) is 0 Å². The number of hydrogen-bond acceptors (Lipinski definition) is 10. The molecule has 0 spiro atoms. The molecule has 0 fully saturated rings. The van der Waals surface area contributed by atoms with Gasteiger partial charge in [-0.05, 0) is 37.1 Å². The summed E-state index contributed by atoms with van der Waals surface area (Å²) in [6.07, 6.45) is 3.75. The molecule has 0 atom stereocenters. The summed E-state index contributed by atoms with van der Waals surface area (Å²) >= 11 is 0. The molecule has 0 aromatic heterocycles. The molecular formula is C29H24O10. The Morgan fingerprint density at radius 1 is 0.513 bits per heavy atom. The van der Waals surface area contributed by atoms with Crippen LogP contribution in [0.1, 0.15) is 19.4 Å². The van der Waals surface area contributed by atoms with Crippen LogP contribution in [0.5, 0.6) is 28.7 Å². The van der Waals surface area contributed by atoms with E-state index in [4.69, 9.17) is 23.7 Å². The maximum Gasteiger partial charge on any atom is 0.339 e. The van der Waals surface area contributed by atoms with E-state index in [0.717, 1.165) is 24.3 Å². The maximum absolute atomic E-state index is 13.0. The molecule has 2 aromatic carbocycles. The second-order valence-corrected chi connectivity index (χ2v) is 7.47. The van der Waals surface area contributed by atoms with Crippen molar-refractivity contribution in [2.24, 2.45) is 0 Å². The van der Waals surface area contributed by atoms with Gasteiger partial charge in [-0.15, -0.1) is 0 Å². The first-order chi connectivity index (χ1) is 18.5. The van der Waals surface area contributed by atoms with Crippen LogP contribution in [0.15, 0.2) is 92.6 Å². The van der Waals surface area contributed by atoms with Gasteiger partial charge in [-0.1, -0.05) is 26.3 Å². The molecule has 0 heterocycles. The van der Waals surface area contributed by atoms with E-state index < -0.39 is 29.8 Å². The molecule has 10 heteroatoms. The summed E-state index contributed by atoms with van der Waals surface area (Å²) in [6.45, 7) is 16.3. The van der Waals surface area contributed by atoms with Gasteiger partial charge in [0, 0.05) is 54.1 Å². The molecule has 0 unspecified atom stereocenters. The molecule has 0 saturated heterocycles. The minimum atomic E-state index is -0.821. The zero-order valence-corrected chi connectivity index (χ0v) is 21.2. The van der Waals surface area contributed by atoms with E-state index in [1.54, 1.807) is 6.92 Å². The van der Waals surface area contributed by atoms with Crippen molar-refractivity contribution >= 4 is 35.4 Å². The highest BCUT2D eigenvalue weighted by Gasteiger charge is 2.17. The van der Waals surface area contributed by atoms with E-state index in [-0.39, 0.29) is 34.3 Å². The summed E-state index contributed by atoms with van der Waals surface area (Å²) in [5, 5.41) is 0. The van der Waals surface area contributed by atoms with Crippen molar-refractivity contribution in [1.82, 2.24) is 0 Å². The molecule has 0 aliphatic rings. The predicted octanol–water partition coefficient (Wildman–Crippen LogP) is 4.45. The van der Waals surface area contributed by atoms with Crippen LogP contribution in [0.4, 0.5) is 0 Å². The number of allylic oxidation sites excluding steroid dienone is 1. The molecule has 2 rings (SSSR count). The van der Waals surface area contributed by atoms with Gasteiger partial charge < -0.3 is 23.7 Å². The predicted molar refractivity (Wildman–Crippen MR) is 140 cm³/mol. The largest absolute Gasteiger partial charge is 0.423 e. The minimum absolute atomic E-state index is 0.0233. The summed E-state index contributed by atoms with van der Waals surface area (Å²) in [5.74, 6) is -4.15. The van der Waals surface area contributed by atoms with Gasteiger partial charge in [-0.3, -0.25) is 0 Å². The fourth-order valence-electron chi connectivity index (χ4n) is 2.81. The standard InChI is InChI=1S/C29H24O10/c1-7-25(30)35-20-11-19(12-21(13-20)36-26(31)8-2)17(5)18(6)29(34)39-24-15-22(37-27(32)9-3)14-23(16-24)38-28(33)10-4/h7-16H,1-4H2,5-6H3. The molecule has 0 saturated carbocycles. The van der Waals surface area contributed by atoms with E-state index in [1.165, 1.54) is 43.3 Å². The van der Waals surface area contributed by atoms with Gasteiger partial charge in [0.05, 0.1) is 0 Å². The maximum atomic E-state index is 13.0. The Hall–Kier alpha value is -5.51. The molecule has 0 amide bonds. The van der Waals surface area contributed by atoms with Crippen molar-refractivity contribution in [3.8, 4) is 28.7 Å². The van der Waals surface area contributed by atoms with Crippen LogP contribution in [0.25, 0.3) is 5.57 Å². The Morgan fingerprint density at radius 3 is 1.10 bits per heavy atom. The molecule has 2 aromatic rings. The molecule has 0 bridgehead atoms. The highest BCUT2D eigenvalue weighted by Crippen LogP contribution is 2.32. The van der Waals surface area contributed by atoms with Crippen LogP contribution in [-0.2, 0) is 24.0 Å². The molecule has 39 heavy (non-hydrogen) atoms. The van der Waals surface area contributed by atoms with Crippen molar-refractivity contribution < 1.29 is 47.7 Å². The van der Waals surface area contributed by atoms with Crippen LogP contribution in [0.2, 0.25) is 0 Å². The summed E-state index contributed by atoms with van der Waals surface area (Å²) in [4.78, 5) is 59.7. The Balaban J connectivity index is 2.46. The molecule has 0 radical (unpaired) electrons. The number of carbonyl (C=O) groups is 5. The quantitative estimate of drug-likeness (QED) is 0.232. The Kier molecular flexibility index (Phi) is 10.4. The highest BCUT2D eigenvalue weighted by atomic mass is 16.6. The summed E-state index contributed by atoms with van der Waals surface area (Å²) in [7, 11) is 0. The van der Waals surface area contributed by atoms with Crippen molar-refractivity contribution in [2.75, 3.05) is 0 Å². The van der Waals surface area contributed by atoms with Crippen molar-refractivity contribution in [3.05, 3.63) is 98.2 Å². The Bertz CT molecular complexity index is 1330. The second kappa shape index (κ2) is 13.7. The molecule has 0 aliphatic carbocycles. The lowest BCUT2D eigenvalue weighted by Crippen LogP contribution is -2.12. The van der Waals surface area contributed by atoms with Gasteiger partial charge in [-0.25, -0.2) is 24.0 Å². The van der Waals surface area contributed by atoms with E-state index in [0.29, 0.717) is 11.1 Å². The second-order valence-electron chi connectivity index (χ2n) is 7.47. The van der Waals surface area contributed by atoms with Gasteiger partial charge in [-0.2, -0.15) is 0 Å². The van der Waals surface area contributed by atoms with Crippen molar-refractivity contribution in [3.63, 3.8) is 0 Å². The zero-order valence-electron chi connectivity index (χ0n) is 21.2. The average Bonchev–Trinajstić information content (AvgIpc) is 2.91. The molecule has 10 nitrogen and oxygen atoms in total. The van der Waals surface area contributed by atoms with Crippen LogP contribution < -0.4 is 23.7 Å². The van der Waals surface area contributed by atoms with Crippen LogP contribution in [-0.4, -0.2) is 29.8 Å². The first kappa shape index (κ1) is 29.7. The molecule has 0 aliphatic heterocycles. The van der Waals surface area contributed by atoms with Gasteiger partial charge in [0.1, 0.15) is 28.7 Å². The fraction of sp³-hybridized carbons (Fsp3) is 0.0690. The Morgan fingerprint density at radius 2 is 0.795 bits per heavy atom. The first-order valence-electron chi connectivity index (χ1n) is 11.1. The Labute approximate surface area is 224 Å². The summed E-state index contributed by atoms with van der Waals surface area (Å²) < 4.78 is 25.8. The van der Waals surface area contributed by atoms with Crippen LogP contribution >= 0.6 is 0 Å². The average molecular weight is 533 g/mol. The van der Waals surface area contributed by atoms with Crippen LogP contribution in [0.3, 0.4) is 0 Å². The number of benzene rings is 2. The summed E-state index contributed by atoms with van der Waals surface area (Å²) in [6, 6.07) is 7.89. The normalized spacial score (nSPS) is 10.6. The van der Waals surface area contributed by atoms with E-state index in [1.807, 2.05) is 0 Å². The van der Waals surface area contributed by atoms with E-state index in [9.17, 15) is 24.0 Å². The molecule has 0 N–H and O–H groups in total. The fourth-order valence-corrected chi connectivity index (χ4v) is 2.81. The lowest BCUT2D eigenvalue weighted by atomic mass is 10.0. The number of ether oxygens (including phenoxy) is 5. The van der Waals surface area contributed by atoms with Gasteiger partial charge in [0.15, 0.2) is 0 Å². The number of esters is 5. The molecular weight excluding hydrogens is 508 g/mol. The highest BCUT2D eigenvalue weighted by molar-refractivity contribution is 5.98. The number of hydrogen-bond donors (Lipinski definition) is 0. The lowest BCUT2D eigenvalue weighted by molar-refractivity contribution is -0.130. The van der Waals surface area contributed by atoms with Crippen LogP contribution in [0, 0.1) is 0 Å². The molecule has 200 valence electrons. The third-order valence-electron chi connectivity index (χ3n) is 4.79. The number of carbonyl (C=O) groups excluding carboxylic acids is 5.